The van der Waals surface area contributed by atoms with Crippen molar-refractivity contribution in [2.75, 3.05) is 0 Å². The van der Waals surface area contributed by atoms with E-state index < -0.39 is 0 Å². The van der Waals surface area contributed by atoms with E-state index >= 15 is 0 Å². The molecule has 0 aliphatic rings. The van der Waals surface area contributed by atoms with E-state index in [1.807, 2.05) is 23.7 Å². The van der Waals surface area contributed by atoms with Gasteiger partial charge in [-0.05, 0) is 40.9 Å². The maximum atomic E-state index is 5.74. The predicted octanol–water partition coefficient (Wildman–Crippen LogP) is 2.77. The summed E-state index contributed by atoms with van der Waals surface area (Å²) >= 11 is 3.54. The third-order valence-corrected chi connectivity index (χ3v) is 4.10. The van der Waals surface area contributed by atoms with E-state index in [-0.39, 0.29) is 0 Å². The number of benzene rings is 1. The fraction of sp³-hybridized carbons (Fsp3) is 0.308. The molecule has 0 radical (unpaired) electrons. The number of rotatable bonds is 3. The first-order chi connectivity index (χ1) is 8.13. The summed E-state index contributed by atoms with van der Waals surface area (Å²) in [5, 5.41) is 4.51. The molecule has 0 atom stereocenters. The Kier molecular flexibility index (Phi) is 3.64. The Morgan fingerprint density at radius 1 is 1.24 bits per heavy atom. The second-order valence-electron chi connectivity index (χ2n) is 4.12. The van der Waals surface area contributed by atoms with Gasteiger partial charge in [-0.15, -0.1) is 0 Å². The molecule has 2 N–H and O–H groups in total. The standard InChI is InChI=1S/C13H16BrN3/c1-9-13(14)10(2)17(16-9)8-12-6-4-3-5-11(12)7-15/h3-6H,7-8,15H2,1-2H3. The van der Waals surface area contributed by atoms with E-state index in [1.165, 1.54) is 11.1 Å². The number of nitrogens with zero attached hydrogens (tertiary/aromatic N) is 2. The summed E-state index contributed by atoms with van der Waals surface area (Å²) < 4.78 is 3.09. The van der Waals surface area contributed by atoms with Crippen LogP contribution in [0.5, 0.6) is 0 Å². The fourth-order valence-corrected chi connectivity index (χ4v) is 2.19. The molecule has 0 bridgehead atoms. The Morgan fingerprint density at radius 2 is 1.88 bits per heavy atom. The molecular weight excluding hydrogens is 278 g/mol. The number of hydrogen-bond acceptors (Lipinski definition) is 2. The first kappa shape index (κ1) is 12.3. The molecule has 0 fully saturated rings. The third-order valence-electron chi connectivity index (χ3n) is 2.95. The van der Waals surface area contributed by atoms with Crippen molar-refractivity contribution in [3.63, 3.8) is 0 Å². The topological polar surface area (TPSA) is 43.8 Å². The van der Waals surface area contributed by atoms with Gasteiger partial charge in [-0.3, -0.25) is 4.68 Å². The van der Waals surface area contributed by atoms with Crippen LogP contribution in [0.3, 0.4) is 0 Å². The molecule has 2 aromatic rings. The molecule has 0 amide bonds. The number of aromatic nitrogens is 2. The molecule has 17 heavy (non-hydrogen) atoms. The molecule has 1 heterocycles. The van der Waals surface area contributed by atoms with Crippen LogP contribution in [0.2, 0.25) is 0 Å². The SMILES string of the molecule is Cc1nn(Cc2ccccc2CN)c(C)c1Br. The average molecular weight is 294 g/mol. The van der Waals surface area contributed by atoms with Crippen LogP contribution < -0.4 is 5.73 Å². The monoisotopic (exact) mass is 293 g/mol. The summed E-state index contributed by atoms with van der Waals surface area (Å²) in [6.07, 6.45) is 0. The first-order valence-corrected chi connectivity index (χ1v) is 6.39. The minimum absolute atomic E-state index is 0.566. The van der Waals surface area contributed by atoms with Crippen LogP contribution in [0.1, 0.15) is 22.5 Å². The van der Waals surface area contributed by atoms with Gasteiger partial charge in [-0.2, -0.15) is 5.10 Å². The van der Waals surface area contributed by atoms with E-state index in [4.69, 9.17) is 5.73 Å². The van der Waals surface area contributed by atoms with Gasteiger partial charge in [-0.25, -0.2) is 0 Å². The van der Waals surface area contributed by atoms with Crippen LogP contribution in [-0.2, 0) is 13.1 Å². The van der Waals surface area contributed by atoms with E-state index in [1.54, 1.807) is 0 Å². The average Bonchev–Trinajstić information content (AvgIpc) is 2.58. The molecule has 0 saturated heterocycles. The second kappa shape index (κ2) is 5.02. The maximum absolute atomic E-state index is 5.74. The smallest absolute Gasteiger partial charge is 0.0738 e. The van der Waals surface area contributed by atoms with Crippen LogP contribution in [0, 0.1) is 13.8 Å². The lowest BCUT2D eigenvalue weighted by atomic mass is 10.1. The summed E-state index contributed by atoms with van der Waals surface area (Å²) in [5.41, 5.74) is 10.3. The lowest BCUT2D eigenvalue weighted by Crippen LogP contribution is -2.08. The third kappa shape index (κ3) is 2.42. The fourth-order valence-electron chi connectivity index (χ4n) is 1.90. The highest BCUT2D eigenvalue weighted by Crippen LogP contribution is 2.21. The van der Waals surface area contributed by atoms with Crippen molar-refractivity contribution in [1.29, 1.82) is 0 Å². The summed E-state index contributed by atoms with van der Waals surface area (Å²) in [4.78, 5) is 0. The number of aryl methyl sites for hydroxylation is 1. The zero-order valence-electron chi connectivity index (χ0n) is 10.1. The largest absolute Gasteiger partial charge is 0.326 e. The molecule has 1 aromatic heterocycles. The number of hydrogen-bond donors (Lipinski definition) is 1. The van der Waals surface area contributed by atoms with Gasteiger partial charge >= 0.3 is 0 Å². The van der Waals surface area contributed by atoms with Crippen LogP contribution in [0.4, 0.5) is 0 Å². The lowest BCUT2D eigenvalue weighted by Gasteiger charge is -2.09. The molecule has 0 aliphatic heterocycles. The van der Waals surface area contributed by atoms with Crippen LogP contribution >= 0.6 is 15.9 Å². The highest BCUT2D eigenvalue weighted by molar-refractivity contribution is 9.10. The number of nitrogens with two attached hydrogens (primary N) is 1. The molecule has 0 unspecified atom stereocenters. The Labute approximate surface area is 110 Å². The minimum Gasteiger partial charge on any atom is -0.326 e. The van der Waals surface area contributed by atoms with Crippen LogP contribution in [0.15, 0.2) is 28.7 Å². The second-order valence-corrected chi connectivity index (χ2v) is 4.91. The Morgan fingerprint density at radius 3 is 2.41 bits per heavy atom. The molecule has 0 spiro atoms. The Bertz CT molecular complexity index is 531. The first-order valence-electron chi connectivity index (χ1n) is 5.60. The van der Waals surface area contributed by atoms with Crippen molar-refractivity contribution in [2.45, 2.75) is 26.9 Å². The van der Waals surface area contributed by atoms with Gasteiger partial charge in [-0.1, -0.05) is 24.3 Å². The zero-order chi connectivity index (χ0) is 12.4. The van der Waals surface area contributed by atoms with E-state index in [2.05, 4.69) is 40.1 Å². The summed E-state index contributed by atoms with van der Waals surface area (Å²) in [6, 6.07) is 8.22. The van der Waals surface area contributed by atoms with Crippen molar-refractivity contribution in [2.24, 2.45) is 5.73 Å². The molecule has 2 rings (SSSR count). The number of halogens is 1. The van der Waals surface area contributed by atoms with E-state index in [0.29, 0.717) is 6.54 Å². The molecular formula is C13H16BrN3. The van der Waals surface area contributed by atoms with Crippen molar-refractivity contribution in [3.8, 4) is 0 Å². The lowest BCUT2D eigenvalue weighted by molar-refractivity contribution is 0.654. The molecule has 0 aliphatic carbocycles. The van der Waals surface area contributed by atoms with Gasteiger partial charge in [0.2, 0.25) is 0 Å². The van der Waals surface area contributed by atoms with Gasteiger partial charge < -0.3 is 5.73 Å². The van der Waals surface area contributed by atoms with Crippen molar-refractivity contribution in [1.82, 2.24) is 9.78 Å². The van der Waals surface area contributed by atoms with E-state index in [0.717, 1.165) is 22.4 Å². The predicted molar refractivity (Wildman–Crippen MR) is 72.8 cm³/mol. The van der Waals surface area contributed by atoms with Gasteiger partial charge in [0, 0.05) is 6.54 Å². The van der Waals surface area contributed by atoms with Gasteiger partial charge in [0.1, 0.15) is 0 Å². The molecule has 0 saturated carbocycles. The minimum atomic E-state index is 0.566. The quantitative estimate of drug-likeness (QED) is 0.946. The molecule has 4 heteroatoms. The highest BCUT2D eigenvalue weighted by Gasteiger charge is 2.10. The summed E-state index contributed by atoms with van der Waals surface area (Å²) in [7, 11) is 0. The van der Waals surface area contributed by atoms with Gasteiger partial charge in [0.05, 0.1) is 22.4 Å². The normalized spacial score (nSPS) is 10.8. The van der Waals surface area contributed by atoms with Crippen LogP contribution in [-0.4, -0.2) is 9.78 Å². The molecule has 1 aromatic carbocycles. The Balaban J connectivity index is 2.34. The summed E-state index contributed by atoms with van der Waals surface area (Å²) in [5.74, 6) is 0. The molecule has 3 nitrogen and oxygen atoms in total. The van der Waals surface area contributed by atoms with Crippen molar-refractivity contribution >= 4 is 15.9 Å². The molecule has 90 valence electrons. The van der Waals surface area contributed by atoms with Gasteiger partial charge in [0.15, 0.2) is 0 Å². The van der Waals surface area contributed by atoms with E-state index in [9.17, 15) is 0 Å². The highest BCUT2D eigenvalue weighted by atomic mass is 79.9. The maximum Gasteiger partial charge on any atom is 0.0738 e. The van der Waals surface area contributed by atoms with Crippen molar-refractivity contribution < 1.29 is 0 Å². The zero-order valence-corrected chi connectivity index (χ0v) is 11.7. The Hall–Kier alpha value is -1.13. The van der Waals surface area contributed by atoms with Crippen LogP contribution in [0.25, 0.3) is 0 Å². The van der Waals surface area contributed by atoms with Gasteiger partial charge in [0.25, 0.3) is 0 Å². The van der Waals surface area contributed by atoms with Crippen molar-refractivity contribution in [3.05, 3.63) is 51.3 Å². The summed E-state index contributed by atoms with van der Waals surface area (Å²) in [6.45, 7) is 5.40.